The Bertz CT molecular complexity index is 1120. The quantitative estimate of drug-likeness (QED) is 0.431. The molecule has 5 rings (SSSR count). The van der Waals surface area contributed by atoms with E-state index in [-0.39, 0.29) is 11.5 Å². The molecule has 0 atom stereocenters. The molecule has 0 aliphatic heterocycles. The first kappa shape index (κ1) is 26.2. The Balaban J connectivity index is 0.000000231. The fourth-order valence-electron chi connectivity index (χ4n) is 3.82. The lowest BCUT2D eigenvalue weighted by Gasteiger charge is -2.22. The van der Waals surface area contributed by atoms with Crippen molar-refractivity contribution in [1.82, 2.24) is 24.9 Å². The highest BCUT2D eigenvalue weighted by molar-refractivity contribution is 5.99. The SMILES string of the molecule is C1CCCCC1.CNC(=O)c1cnn2c(NC)cc(Nc3ccc[nH]c3=O)nc12.COC1CCC1. The summed E-state index contributed by atoms with van der Waals surface area (Å²) in [5, 5.41) is 12.6. The van der Waals surface area contributed by atoms with Gasteiger partial charge in [0.25, 0.3) is 11.5 Å². The van der Waals surface area contributed by atoms with Crippen molar-refractivity contribution in [1.29, 1.82) is 0 Å². The van der Waals surface area contributed by atoms with E-state index in [2.05, 4.69) is 31.0 Å². The number of aromatic amines is 1. The van der Waals surface area contributed by atoms with Gasteiger partial charge in [-0.05, 0) is 31.4 Å². The summed E-state index contributed by atoms with van der Waals surface area (Å²) in [6.45, 7) is 0. The standard InChI is InChI=1S/C14H15N7O2.C6H12.C5H10O/c1-15-11-6-10(19-9-4-3-5-17-14(9)23)20-12-8(13(22)16-2)7-18-21(11)12;1-2-4-6-5-3-1;1-6-5-3-2-4-5/h3-7,15H,1-2H3,(H,16,22)(H,17,23)(H,19,20);1-6H2;5H,2-4H2,1H3. The monoisotopic (exact) mass is 483 g/mol. The number of hydrogen-bond donors (Lipinski definition) is 4. The van der Waals surface area contributed by atoms with Crippen LogP contribution in [0.25, 0.3) is 5.65 Å². The Morgan fingerprint density at radius 2 is 1.80 bits per heavy atom. The number of carbonyl (C=O) groups excluding carboxylic acids is 1. The van der Waals surface area contributed by atoms with Gasteiger partial charge < -0.3 is 25.7 Å². The zero-order valence-corrected chi connectivity index (χ0v) is 20.9. The summed E-state index contributed by atoms with van der Waals surface area (Å²) in [5.41, 5.74) is 0.813. The number of aromatic nitrogens is 4. The molecule has 3 aromatic rings. The van der Waals surface area contributed by atoms with Crippen LogP contribution in [0, 0.1) is 0 Å². The lowest BCUT2D eigenvalue weighted by molar-refractivity contribution is 0.0412. The molecule has 0 radical (unpaired) electrons. The topological polar surface area (TPSA) is 125 Å². The molecule has 3 heterocycles. The number of ether oxygens (including phenoxy) is 1. The molecular weight excluding hydrogens is 446 g/mol. The van der Waals surface area contributed by atoms with Crippen molar-refractivity contribution >= 4 is 28.9 Å². The zero-order valence-electron chi connectivity index (χ0n) is 20.9. The summed E-state index contributed by atoms with van der Waals surface area (Å²) in [7, 11) is 5.05. The van der Waals surface area contributed by atoms with Crippen molar-refractivity contribution in [2.45, 2.75) is 63.9 Å². The highest BCUT2D eigenvalue weighted by Crippen LogP contribution is 2.21. The first-order valence-corrected chi connectivity index (χ1v) is 12.3. The van der Waals surface area contributed by atoms with Gasteiger partial charge in [-0.25, -0.2) is 4.98 Å². The Labute approximate surface area is 205 Å². The van der Waals surface area contributed by atoms with Gasteiger partial charge in [0.1, 0.15) is 22.9 Å². The molecule has 0 aromatic carbocycles. The number of hydrogen-bond acceptors (Lipinski definition) is 7. The van der Waals surface area contributed by atoms with Crippen molar-refractivity contribution in [3.63, 3.8) is 0 Å². The van der Waals surface area contributed by atoms with Gasteiger partial charge in [0.2, 0.25) is 0 Å². The number of fused-ring (bicyclic) bond motifs is 1. The van der Waals surface area contributed by atoms with Gasteiger partial charge in [0.15, 0.2) is 5.65 Å². The smallest absolute Gasteiger partial charge is 0.271 e. The lowest BCUT2D eigenvalue weighted by Crippen LogP contribution is -2.18. The fraction of sp³-hybridized carbons (Fsp3) is 0.520. The minimum absolute atomic E-state index is 0.264. The summed E-state index contributed by atoms with van der Waals surface area (Å²) >= 11 is 0. The van der Waals surface area contributed by atoms with E-state index in [4.69, 9.17) is 4.74 Å². The summed E-state index contributed by atoms with van der Waals surface area (Å²) in [6.07, 6.45) is 16.6. The van der Waals surface area contributed by atoms with Crippen LogP contribution in [0.2, 0.25) is 0 Å². The largest absolute Gasteiger partial charge is 0.381 e. The normalized spacial score (nSPS) is 15.1. The molecule has 0 unspecified atom stereocenters. The second-order valence-electron chi connectivity index (χ2n) is 8.60. The summed E-state index contributed by atoms with van der Waals surface area (Å²) < 4.78 is 6.50. The molecule has 10 nitrogen and oxygen atoms in total. The Morgan fingerprint density at radius 1 is 1.11 bits per heavy atom. The van der Waals surface area contributed by atoms with E-state index in [1.807, 2.05) is 0 Å². The van der Waals surface area contributed by atoms with Crippen molar-refractivity contribution in [3.8, 4) is 0 Å². The van der Waals surface area contributed by atoms with Gasteiger partial charge in [0, 0.05) is 33.5 Å². The number of H-pyrrole nitrogens is 1. The fourth-order valence-corrected chi connectivity index (χ4v) is 3.82. The molecule has 0 saturated heterocycles. The van der Waals surface area contributed by atoms with E-state index >= 15 is 0 Å². The summed E-state index contributed by atoms with van der Waals surface area (Å²) in [5.74, 6) is 0.758. The molecule has 2 fully saturated rings. The summed E-state index contributed by atoms with van der Waals surface area (Å²) in [6, 6.07) is 5.04. The molecule has 190 valence electrons. The molecule has 0 bridgehead atoms. The number of nitrogens with zero attached hydrogens (tertiary/aromatic N) is 3. The highest BCUT2D eigenvalue weighted by Gasteiger charge is 2.16. The Morgan fingerprint density at radius 3 is 2.29 bits per heavy atom. The van der Waals surface area contributed by atoms with Gasteiger partial charge in [-0.2, -0.15) is 9.61 Å². The Hall–Kier alpha value is -3.40. The van der Waals surface area contributed by atoms with E-state index in [1.54, 1.807) is 38.6 Å². The van der Waals surface area contributed by atoms with Crippen molar-refractivity contribution in [3.05, 3.63) is 46.5 Å². The molecule has 2 aliphatic carbocycles. The molecule has 1 amide bonds. The van der Waals surface area contributed by atoms with Crippen LogP contribution < -0.4 is 21.5 Å². The molecule has 35 heavy (non-hydrogen) atoms. The van der Waals surface area contributed by atoms with Crippen molar-refractivity contribution in [2.75, 3.05) is 31.8 Å². The highest BCUT2D eigenvalue weighted by atomic mass is 16.5. The molecule has 3 aromatic heterocycles. The second kappa shape index (κ2) is 13.5. The average Bonchev–Trinajstić information content (AvgIpc) is 3.30. The third kappa shape index (κ3) is 7.29. The molecule has 4 N–H and O–H groups in total. The van der Waals surface area contributed by atoms with E-state index in [1.165, 1.54) is 75.5 Å². The minimum Gasteiger partial charge on any atom is -0.381 e. The third-order valence-electron chi connectivity index (χ3n) is 6.17. The van der Waals surface area contributed by atoms with E-state index in [0.717, 1.165) is 0 Å². The van der Waals surface area contributed by atoms with Gasteiger partial charge in [-0.3, -0.25) is 9.59 Å². The second-order valence-corrected chi connectivity index (χ2v) is 8.60. The minimum atomic E-state index is -0.288. The van der Waals surface area contributed by atoms with Gasteiger partial charge >= 0.3 is 0 Å². The van der Waals surface area contributed by atoms with Crippen LogP contribution in [-0.2, 0) is 4.74 Å². The number of carbonyl (C=O) groups is 1. The molecule has 10 heteroatoms. The number of methoxy groups -OCH3 is 1. The van der Waals surface area contributed by atoms with Crippen LogP contribution in [0.5, 0.6) is 0 Å². The molecular formula is C25H37N7O3. The molecule has 0 spiro atoms. The van der Waals surface area contributed by atoms with Crippen molar-refractivity contribution in [2.24, 2.45) is 0 Å². The van der Waals surface area contributed by atoms with Gasteiger partial charge in [0.05, 0.1) is 12.3 Å². The van der Waals surface area contributed by atoms with E-state index in [0.29, 0.717) is 34.6 Å². The van der Waals surface area contributed by atoms with Crippen molar-refractivity contribution < 1.29 is 9.53 Å². The lowest BCUT2D eigenvalue weighted by atomic mass is 9.96. The summed E-state index contributed by atoms with van der Waals surface area (Å²) in [4.78, 5) is 30.6. The maximum Gasteiger partial charge on any atom is 0.271 e. The van der Waals surface area contributed by atoms with Gasteiger partial charge in [-0.15, -0.1) is 0 Å². The maximum atomic E-state index is 11.9. The van der Waals surface area contributed by atoms with E-state index in [9.17, 15) is 9.59 Å². The van der Waals surface area contributed by atoms with E-state index < -0.39 is 0 Å². The first-order chi connectivity index (χ1) is 17.1. The van der Waals surface area contributed by atoms with Crippen LogP contribution in [0.15, 0.2) is 35.4 Å². The van der Waals surface area contributed by atoms with Crippen LogP contribution in [0.1, 0.15) is 68.1 Å². The Kier molecular flexibility index (Phi) is 10.1. The number of nitrogens with one attached hydrogen (secondary N) is 4. The number of rotatable bonds is 5. The number of amides is 1. The maximum absolute atomic E-state index is 11.9. The predicted molar refractivity (Wildman–Crippen MR) is 139 cm³/mol. The number of pyridine rings is 1. The zero-order chi connectivity index (χ0) is 25.0. The van der Waals surface area contributed by atoms with Crippen LogP contribution in [-0.4, -0.2) is 52.8 Å². The molecule has 2 aliphatic rings. The van der Waals surface area contributed by atoms with Crippen LogP contribution in [0.4, 0.5) is 17.3 Å². The first-order valence-electron chi connectivity index (χ1n) is 12.3. The van der Waals surface area contributed by atoms with Crippen LogP contribution >= 0.6 is 0 Å². The van der Waals surface area contributed by atoms with Crippen LogP contribution in [0.3, 0.4) is 0 Å². The number of anilines is 3. The predicted octanol–water partition coefficient (Wildman–Crippen LogP) is 4.09. The molecule has 2 saturated carbocycles. The van der Waals surface area contributed by atoms with Gasteiger partial charge in [-0.1, -0.05) is 38.5 Å². The average molecular weight is 484 g/mol. The third-order valence-corrected chi connectivity index (χ3v) is 6.17.